The smallest absolute Gasteiger partial charge is 0.145 e. The van der Waals surface area contributed by atoms with E-state index in [4.69, 9.17) is 4.42 Å². The Labute approximate surface area is 421 Å². The van der Waals surface area contributed by atoms with E-state index in [0.29, 0.717) is 0 Å². The first-order chi connectivity index (χ1) is 33.9. The number of anilines is 3. The predicted octanol–water partition coefficient (Wildman–Crippen LogP) is -0.872. The number of furan rings is 1. The molecule has 0 saturated carbocycles. The largest absolute Gasteiger partial charge is 0.455 e. The molecule has 0 aliphatic carbocycles. The molecule has 0 spiro atoms. The fourth-order valence-corrected chi connectivity index (χ4v) is 11.4. The van der Waals surface area contributed by atoms with Crippen LogP contribution in [0.3, 0.4) is 0 Å². The monoisotopic (exact) mass is 885 g/mol. The van der Waals surface area contributed by atoms with E-state index in [1.165, 1.54) is 110 Å². The van der Waals surface area contributed by atoms with E-state index in [2.05, 4.69) is 259 Å². The van der Waals surface area contributed by atoms with E-state index in [0.717, 1.165) is 50.1 Å². The van der Waals surface area contributed by atoms with Crippen LogP contribution in [0.4, 0.5) is 17.1 Å². The molecule has 1 aromatic heterocycles. The first-order valence-electron chi connectivity index (χ1n) is 24.7. The maximum atomic E-state index is 7.02. The number of benzene rings is 10. The van der Waals surface area contributed by atoms with Gasteiger partial charge in [-0.2, -0.15) is 0 Å². The summed E-state index contributed by atoms with van der Waals surface area (Å²) in [6.45, 7) is 0. The first-order valence-corrected chi connectivity index (χ1v) is 24.7. The third-order valence-electron chi connectivity index (χ3n) is 16.1. The van der Waals surface area contributed by atoms with Gasteiger partial charge in [-0.1, -0.05) is 155 Å². The van der Waals surface area contributed by atoms with Crippen LogP contribution < -0.4 is 59.5 Å². The number of rotatable bonds is 8. The number of fused-ring (bicyclic) bond motifs is 4. The molecule has 0 bridgehead atoms. The molecule has 0 atom stereocenters. The van der Waals surface area contributed by atoms with Crippen LogP contribution in [0.25, 0.3) is 88.3 Å². The van der Waals surface area contributed by atoms with Crippen LogP contribution in [0.15, 0.2) is 180 Å². The average molecular weight is 884 g/mol. The number of nitrogens with zero attached hydrogens (tertiary/aromatic N) is 1. The molecule has 0 radical (unpaired) electrons. The van der Waals surface area contributed by atoms with Crippen molar-refractivity contribution >= 4 is 183 Å². The molecule has 1 heterocycles. The summed E-state index contributed by atoms with van der Waals surface area (Å²) in [5.41, 5.74) is 30.6. The Kier molecular flexibility index (Phi) is 11.6. The average Bonchev–Trinajstić information content (AvgIpc) is 3.80. The maximum absolute atomic E-state index is 7.02. The fourth-order valence-electron chi connectivity index (χ4n) is 11.4. The molecule has 2 nitrogen and oxygen atoms in total. The van der Waals surface area contributed by atoms with Crippen molar-refractivity contribution in [1.29, 1.82) is 0 Å². The number of para-hydroxylation sites is 1. The lowest BCUT2D eigenvalue weighted by molar-refractivity contribution is 0.670. The van der Waals surface area contributed by atoms with Crippen molar-refractivity contribution in [2.75, 3.05) is 4.90 Å². The van der Waals surface area contributed by atoms with Crippen molar-refractivity contribution < 1.29 is 4.42 Å². The summed E-state index contributed by atoms with van der Waals surface area (Å²) in [5, 5.41) is 4.67. The molecular formula is C58H49B10NO. The zero-order chi connectivity index (χ0) is 48.5. The molecule has 11 rings (SSSR count). The molecule has 10 aromatic carbocycles. The van der Waals surface area contributed by atoms with Crippen LogP contribution in [0, 0.1) is 0 Å². The Morgan fingerprint density at radius 3 is 1.30 bits per heavy atom. The highest BCUT2D eigenvalue weighted by molar-refractivity contribution is 6.70. The quantitative estimate of drug-likeness (QED) is 0.185. The van der Waals surface area contributed by atoms with E-state index in [1.807, 2.05) is 0 Å². The van der Waals surface area contributed by atoms with Gasteiger partial charge in [0.15, 0.2) is 0 Å². The van der Waals surface area contributed by atoms with Gasteiger partial charge in [-0.3, -0.25) is 0 Å². The Balaban J connectivity index is 1.10. The van der Waals surface area contributed by atoms with Crippen molar-refractivity contribution in [1.82, 2.24) is 0 Å². The van der Waals surface area contributed by atoms with Gasteiger partial charge in [0.25, 0.3) is 0 Å². The van der Waals surface area contributed by atoms with Crippen LogP contribution in [0.5, 0.6) is 0 Å². The third kappa shape index (κ3) is 7.34. The third-order valence-corrected chi connectivity index (χ3v) is 16.1. The molecule has 0 amide bonds. The second-order valence-corrected chi connectivity index (χ2v) is 19.5. The molecule has 11 aromatic rings. The van der Waals surface area contributed by atoms with Gasteiger partial charge in [0, 0.05) is 22.3 Å². The maximum Gasteiger partial charge on any atom is 0.145 e. The standard InChI is InChI=1S/C58H49B10NO/c59-48-46(49(60)53(64)56(67)52(48)63)40-16-6-5-15-39(40)38-14-4-3-13-37(38)32-22-26-34(27-23-32)69(33-24-20-31(21-25-33)36-18-9-11-30-10-1-2-12-35(30)36)43-29-28-42(47-50(61)54(65)57(68)55(66)51(47)62)58-45(43)41-17-7-8-19-44(41)70-58/h1-29H,59-68H2. The highest BCUT2D eigenvalue weighted by Crippen LogP contribution is 2.47. The summed E-state index contributed by atoms with van der Waals surface area (Å²) in [6.07, 6.45) is 0. The minimum Gasteiger partial charge on any atom is -0.455 e. The summed E-state index contributed by atoms with van der Waals surface area (Å²) in [5.74, 6) is 0. The molecule has 0 aliphatic rings. The van der Waals surface area contributed by atoms with E-state index in [1.54, 1.807) is 0 Å². The highest BCUT2D eigenvalue weighted by atomic mass is 16.3. The minimum atomic E-state index is 0.877. The zero-order valence-electron chi connectivity index (χ0n) is 42.1. The Morgan fingerprint density at radius 1 is 0.300 bits per heavy atom. The van der Waals surface area contributed by atoms with Crippen molar-refractivity contribution in [2.45, 2.75) is 0 Å². The van der Waals surface area contributed by atoms with Gasteiger partial charge in [0.2, 0.25) is 0 Å². The SMILES string of the molecule is Bc1c(B)c(B)c(-c2ccccc2-c2ccccc2-c2ccc(N(c3ccc(-c4cccc5ccccc45)cc3)c3ccc(-c4c(B)c(B)c(B)c(B)c4B)c4oc5ccccc5c34)cc2)c(B)c1B. The fraction of sp³-hybridized carbons (Fsp3) is 0. The predicted molar refractivity (Wildman–Crippen MR) is 335 cm³/mol. The van der Waals surface area contributed by atoms with Crippen LogP contribution in [-0.2, 0) is 0 Å². The Bertz CT molecular complexity index is 3840. The lowest BCUT2D eigenvalue weighted by atomic mass is 9.59. The topological polar surface area (TPSA) is 16.4 Å². The van der Waals surface area contributed by atoms with Crippen LogP contribution in [0.1, 0.15) is 0 Å². The van der Waals surface area contributed by atoms with Gasteiger partial charge in [0.05, 0.1) is 11.1 Å². The second-order valence-electron chi connectivity index (χ2n) is 19.5. The molecular weight excluding hydrogens is 835 g/mol. The van der Waals surface area contributed by atoms with Crippen molar-refractivity contribution in [3.63, 3.8) is 0 Å². The zero-order valence-corrected chi connectivity index (χ0v) is 42.1. The summed E-state index contributed by atoms with van der Waals surface area (Å²) >= 11 is 0. The summed E-state index contributed by atoms with van der Waals surface area (Å²) in [7, 11) is 22.6. The van der Waals surface area contributed by atoms with E-state index in [9.17, 15) is 0 Å². The molecule has 0 aliphatic heterocycles. The summed E-state index contributed by atoms with van der Waals surface area (Å²) in [4.78, 5) is 2.42. The van der Waals surface area contributed by atoms with Gasteiger partial charge < -0.3 is 9.32 Å². The van der Waals surface area contributed by atoms with Gasteiger partial charge in [-0.15, -0.1) is 32.8 Å². The normalized spacial score (nSPS) is 11.4. The molecule has 70 heavy (non-hydrogen) atoms. The van der Waals surface area contributed by atoms with E-state index >= 15 is 0 Å². The van der Waals surface area contributed by atoms with Gasteiger partial charge in [-0.05, 0) is 103 Å². The molecule has 0 fully saturated rings. The number of hydrogen-bond donors (Lipinski definition) is 0. The first kappa shape index (κ1) is 45.2. The Hall–Kier alpha value is -7.29. The van der Waals surface area contributed by atoms with Gasteiger partial charge in [-0.25, -0.2) is 0 Å². The summed E-state index contributed by atoms with van der Waals surface area (Å²) in [6, 6.07) is 64.5. The molecule has 12 heteroatoms. The molecule has 0 unspecified atom stereocenters. The van der Waals surface area contributed by atoms with Crippen LogP contribution >= 0.6 is 0 Å². The molecule has 0 saturated heterocycles. The highest BCUT2D eigenvalue weighted by Gasteiger charge is 2.25. The van der Waals surface area contributed by atoms with Crippen LogP contribution in [0.2, 0.25) is 0 Å². The van der Waals surface area contributed by atoms with Gasteiger partial charge >= 0.3 is 0 Å². The Morgan fingerprint density at radius 2 is 0.714 bits per heavy atom. The van der Waals surface area contributed by atoms with E-state index in [-0.39, 0.29) is 0 Å². The lowest BCUT2D eigenvalue weighted by Gasteiger charge is -2.28. The molecule has 0 N–H and O–H groups in total. The lowest BCUT2D eigenvalue weighted by Crippen LogP contribution is -2.55. The second kappa shape index (κ2) is 17.9. The summed E-state index contributed by atoms with van der Waals surface area (Å²) < 4.78 is 7.02. The minimum absolute atomic E-state index is 0.877. The molecule has 322 valence electrons. The van der Waals surface area contributed by atoms with Crippen LogP contribution in [-0.4, -0.2) is 78.5 Å². The van der Waals surface area contributed by atoms with E-state index < -0.39 is 0 Å². The van der Waals surface area contributed by atoms with Crippen molar-refractivity contribution in [3.8, 4) is 55.6 Å². The van der Waals surface area contributed by atoms with Crippen molar-refractivity contribution in [3.05, 3.63) is 176 Å². The van der Waals surface area contributed by atoms with Gasteiger partial charge in [0.1, 0.15) is 89.6 Å². The number of hydrogen-bond acceptors (Lipinski definition) is 2. The van der Waals surface area contributed by atoms with Crippen molar-refractivity contribution in [2.24, 2.45) is 0 Å².